The summed E-state index contributed by atoms with van der Waals surface area (Å²) in [4.78, 5) is 0. The van der Waals surface area contributed by atoms with E-state index in [1.54, 1.807) is 0 Å². The average Bonchev–Trinajstić information content (AvgIpc) is 2.21. The molecule has 0 aliphatic heterocycles. The van der Waals surface area contributed by atoms with Crippen LogP contribution in [0.4, 0.5) is 0 Å². The van der Waals surface area contributed by atoms with Gasteiger partial charge >= 0.3 is 0 Å². The van der Waals surface area contributed by atoms with Crippen LogP contribution in [0.15, 0.2) is 0 Å². The third-order valence-corrected chi connectivity index (χ3v) is 2.60. The highest BCUT2D eigenvalue weighted by Crippen LogP contribution is 2.06. The minimum atomic E-state index is -0.194. The second-order valence-corrected chi connectivity index (χ2v) is 4.22. The first-order valence-corrected chi connectivity index (χ1v) is 6.20. The smallest absolute Gasteiger partial charge is 0.0953 e. The fourth-order valence-corrected chi connectivity index (χ4v) is 1.49. The molecule has 0 rings (SSSR count). The molecule has 3 nitrogen and oxygen atoms in total. The highest BCUT2D eigenvalue weighted by Gasteiger charge is 2.11. The molecule has 0 spiro atoms. The van der Waals surface area contributed by atoms with E-state index in [9.17, 15) is 0 Å². The van der Waals surface area contributed by atoms with E-state index in [-0.39, 0.29) is 18.8 Å². The first kappa shape index (κ1) is 14.9. The Bertz CT molecular complexity index is 129. The Morgan fingerprint density at radius 1 is 1.13 bits per heavy atom. The molecule has 0 fully saturated rings. The zero-order chi connectivity index (χ0) is 11.5. The summed E-state index contributed by atoms with van der Waals surface area (Å²) in [5.74, 6) is 0. The van der Waals surface area contributed by atoms with E-state index < -0.39 is 0 Å². The third-order valence-electron chi connectivity index (χ3n) is 2.60. The molecule has 15 heavy (non-hydrogen) atoms. The van der Waals surface area contributed by atoms with Gasteiger partial charge in [0.15, 0.2) is 0 Å². The number of aliphatic hydroxyl groups is 1. The van der Waals surface area contributed by atoms with Gasteiger partial charge in [-0.15, -0.1) is 0 Å². The van der Waals surface area contributed by atoms with Crippen LogP contribution in [0.5, 0.6) is 0 Å². The fourth-order valence-electron chi connectivity index (χ4n) is 1.49. The molecule has 0 heterocycles. The van der Waals surface area contributed by atoms with Gasteiger partial charge in [-0.3, -0.25) is 0 Å². The highest BCUT2D eigenvalue weighted by atomic mass is 16.5. The summed E-state index contributed by atoms with van der Waals surface area (Å²) in [6.07, 6.45) is 7.34. The molecule has 3 N–H and O–H groups in total. The van der Waals surface area contributed by atoms with E-state index in [1.165, 1.54) is 32.1 Å². The van der Waals surface area contributed by atoms with Crippen molar-refractivity contribution in [2.24, 2.45) is 5.73 Å². The van der Waals surface area contributed by atoms with Crippen LogP contribution in [0.1, 0.15) is 52.4 Å². The van der Waals surface area contributed by atoms with E-state index in [1.807, 2.05) is 6.92 Å². The maximum atomic E-state index is 8.96. The maximum absolute atomic E-state index is 8.96. The van der Waals surface area contributed by atoms with Crippen LogP contribution < -0.4 is 5.73 Å². The lowest BCUT2D eigenvalue weighted by molar-refractivity contribution is -0.000537. The molecular weight excluding hydrogens is 190 g/mol. The third kappa shape index (κ3) is 8.85. The molecule has 0 aliphatic carbocycles. The van der Waals surface area contributed by atoms with Crippen molar-refractivity contribution in [2.45, 2.75) is 64.5 Å². The van der Waals surface area contributed by atoms with Crippen LogP contribution in [0.2, 0.25) is 0 Å². The average molecular weight is 217 g/mol. The Morgan fingerprint density at radius 2 is 1.73 bits per heavy atom. The van der Waals surface area contributed by atoms with Gasteiger partial charge in [0.05, 0.1) is 12.7 Å². The van der Waals surface area contributed by atoms with Crippen molar-refractivity contribution in [1.82, 2.24) is 0 Å². The van der Waals surface area contributed by atoms with Crippen molar-refractivity contribution in [1.29, 1.82) is 0 Å². The minimum Gasteiger partial charge on any atom is -0.394 e. The Morgan fingerprint density at radius 3 is 2.27 bits per heavy atom. The standard InChI is InChI=1S/C12H27NO2/c1-3-4-5-6-7-8-9-15-12(10-14)11(2)13/h11-12,14H,3-10,13H2,1-2H3. The van der Waals surface area contributed by atoms with Crippen molar-refractivity contribution < 1.29 is 9.84 Å². The normalized spacial score (nSPS) is 15.2. The lowest BCUT2D eigenvalue weighted by Crippen LogP contribution is -2.37. The Hall–Kier alpha value is -0.120. The predicted molar refractivity (Wildman–Crippen MR) is 63.9 cm³/mol. The van der Waals surface area contributed by atoms with E-state index >= 15 is 0 Å². The number of rotatable bonds is 10. The molecule has 2 unspecified atom stereocenters. The van der Waals surface area contributed by atoms with Crippen LogP contribution >= 0.6 is 0 Å². The second-order valence-electron chi connectivity index (χ2n) is 4.22. The van der Waals surface area contributed by atoms with Gasteiger partial charge in [0.2, 0.25) is 0 Å². The van der Waals surface area contributed by atoms with Gasteiger partial charge in [0.25, 0.3) is 0 Å². The molecule has 0 aromatic rings. The molecule has 0 bridgehead atoms. The van der Waals surface area contributed by atoms with Gasteiger partial charge < -0.3 is 15.6 Å². The molecule has 92 valence electrons. The SMILES string of the molecule is CCCCCCCCOC(CO)C(C)N. The van der Waals surface area contributed by atoms with E-state index in [4.69, 9.17) is 15.6 Å². The number of aliphatic hydroxyl groups excluding tert-OH is 1. The molecule has 0 saturated carbocycles. The summed E-state index contributed by atoms with van der Waals surface area (Å²) >= 11 is 0. The van der Waals surface area contributed by atoms with Gasteiger partial charge in [-0.05, 0) is 13.3 Å². The number of hydrogen-bond donors (Lipinski definition) is 2. The Balaban J connectivity index is 3.22. The van der Waals surface area contributed by atoms with Crippen LogP contribution in [-0.2, 0) is 4.74 Å². The molecule has 3 heteroatoms. The molecule has 0 radical (unpaired) electrons. The van der Waals surface area contributed by atoms with Crippen LogP contribution in [0, 0.1) is 0 Å². The Labute approximate surface area is 94.0 Å². The molecule has 0 aromatic carbocycles. The lowest BCUT2D eigenvalue weighted by Gasteiger charge is -2.18. The van der Waals surface area contributed by atoms with Gasteiger partial charge in [-0.1, -0.05) is 39.0 Å². The maximum Gasteiger partial charge on any atom is 0.0953 e. The second kappa shape index (κ2) is 10.4. The van der Waals surface area contributed by atoms with E-state index in [2.05, 4.69) is 6.92 Å². The topological polar surface area (TPSA) is 55.5 Å². The predicted octanol–water partition coefficient (Wildman–Crippen LogP) is 2.07. The van der Waals surface area contributed by atoms with Crippen molar-refractivity contribution in [3.8, 4) is 0 Å². The summed E-state index contributed by atoms with van der Waals surface area (Å²) in [6, 6.07) is -0.0879. The van der Waals surface area contributed by atoms with E-state index in [0.29, 0.717) is 0 Å². The van der Waals surface area contributed by atoms with Gasteiger partial charge in [-0.2, -0.15) is 0 Å². The molecular formula is C12H27NO2. The van der Waals surface area contributed by atoms with Gasteiger partial charge in [0.1, 0.15) is 0 Å². The van der Waals surface area contributed by atoms with E-state index in [0.717, 1.165) is 13.0 Å². The van der Waals surface area contributed by atoms with Crippen molar-refractivity contribution in [2.75, 3.05) is 13.2 Å². The van der Waals surface area contributed by atoms with Gasteiger partial charge in [0, 0.05) is 12.6 Å². The molecule has 0 amide bonds. The first-order chi connectivity index (χ1) is 7.22. The molecule has 2 atom stereocenters. The van der Waals surface area contributed by atoms with Crippen molar-refractivity contribution in [3.05, 3.63) is 0 Å². The number of ether oxygens (including phenoxy) is 1. The molecule has 0 aliphatic rings. The summed E-state index contributed by atoms with van der Waals surface area (Å²) < 4.78 is 5.48. The molecule has 0 saturated heterocycles. The summed E-state index contributed by atoms with van der Waals surface area (Å²) in [7, 11) is 0. The van der Waals surface area contributed by atoms with Crippen LogP contribution in [-0.4, -0.2) is 30.5 Å². The van der Waals surface area contributed by atoms with Crippen LogP contribution in [0.25, 0.3) is 0 Å². The number of hydrogen-bond acceptors (Lipinski definition) is 3. The zero-order valence-electron chi connectivity index (χ0n) is 10.2. The highest BCUT2D eigenvalue weighted by molar-refractivity contribution is 4.66. The van der Waals surface area contributed by atoms with Crippen LogP contribution in [0.3, 0.4) is 0 Å². The monoisotopic (exact) mass is 217 g/mol. The molecule has 0 aromatic heterocycles. The Kier molecular flexibility index (Phi) is 10.3. The summed E-state index contributed by atoms with van der Waals surface area (Å²) in [5, 5.41) is 8.96. The largest absolute Gasteiger partial charge is 0.394 e. The summed E-state index contributed by atoms with van der Waals surface area (Å²) in [6.45, 7) is 4.83. The van der Waals surface area contributed by atoms with Gasteiger partial charge in [-0.25, -0.2) is 0 Å². The fraction of sp³-hybridized carbons (Fsp3) is 1.00. The summed E-state index contributed by atoms with van der Waals surface area (Å²) in [5.41, 5.74) is 5.64. The minimum absolute atomic E-state index is 0.0213. The van der Waals surface area contributed by atoms with Crippen molar-refractivity contribution >= 4 is 0 Å². The zero-order valence-corrected chi connectivity index (χ0v) is 10.2. The van der Waals surface area contributed by atoms with Crippen molar-refractivity contribution in [3.63, 3.8) is 0 Å². The number of nitrogens with two attached hydrogens (primary N) is 1. The number of unbranched alkanes of at least 4 members (excludes halogenated alkanes) is 5. The lowest BCUT2D eigenvalue weighted by atomic mass is 10.1. The quantitative estimate of drug-likeness (QED) is 0.551. The first-order valence-electron chi connectivity index (χ1n) is 6.20.